The van der Waals surface area contributed by atoms with Crippen LogP contribution in [0.4, 0.5) is 5.82 Å². The molecule has 7 heteroatoms. The minimum Gasteiger partial charge on any atom is -0.353 e. The van der Waals surface area contributed by atoms with Crippen LogP contribution >= 0.6 is 7.37 Å². The molecule has 1 fully saturated rings. The second kappa shape index (κ2) is 8.03. The molecule has 0 saturated carbocycles. The molecule has 0 spiro atoms. The van der Waals surface area contributed by atoms with Crippen LogP contribution in [0.2, 0.25) is 0 Å². The zero-order chi connectivity index (χ0) is 18.7. The lowest BCUT2D eigenvalue weighted by Crippen LogP contribution is -2.47. The molecule has 2 aromatic rings. The predicted molar refractivity (Wildman–Crippen MR) is 108 cm³/mol. The van der Waals surface area contributed by atoms with Crippen molar-refractivity contribution in [2.24, 2.45) is 0 Å². The van der Waals surface area contributed by atoms with Gasteiger partial charge in [-0.2, -0.15) is 0 Å². The molecule has 1 saturated heterocycles. The number of hydrogen-bond donors (Lipinski definition) is 0. The molecule has 1 atom stereocenters. The van der Waals surface area contributed by atoms with Crippen LogP contribution in [0.5, 0.6) is 0 Å². The first-order chi connectivity index (χ1) is 12.4. The van der Waals surface area contributed by atoms with Crippen LogP contribution in [0.1, 0.15) is 18.1 Å². The van der Waals surface area contributed by atoms with Gasteiger partial charge in [0, 0.05) is 50.9 Å². The van der Waals surface area contributed by atoms with Gasteiger partial charge in [0.25, 0.3) is 0 Å². The smallest absolute Gasteiger partial charge is 0.201 e. The number of hydrogen-bond acceptors (Lipinski definition) is 6. The van der Waals surface area contributed by atoms with E-state index in [1.165, 1.54) is 11.1 Å². The molecule has 2 heterocycles. The standard InChI is InChI=1S/C19H29N4O2P/c1-5-25-26(4,24)11-10-22-6-8-23(9-7-22)19-17-12-15(2)16(3)13-18(17)20-14-21-19/h12-14H,5-11H2,1-4H3. The van der Waals surface area contributed by atoms with Crippen LogP contribution in [0.15, 0.2) is 18.5 Å². The van der Waals surface area contributed by atoms with E-state index < -0.39 is 7.37 Å². The summed E-state index contributed by atoms with van der Waals surface area (Å²) < 4.78 is 17.7. The molecule has 142 valence electrons. The van der Waals surface area contributed by atoms with E-state index in [2.05, 4.69) is 45.7 Å². The zero-order valence-corrected chi connectivity index (χ0v) is 17.1. The van der Waals surface area contributed by atoms with Gasteiger partial charge < -0.3 is 9.42 Å². The first-order valence-corrected chi connectivity index (χ1v) is 11.6. The highest BCUT2D eigenvalue weighted by Crippen LogP contribution is 2.41. The molecule has 1 aromatic heterocycles. The van der Waals surface area contributed by atoms with Crippen molar-refractivity contribution in [3.8, 4) is 0 Å². The van der Waals surface area contributed by atoms with Crippen molar-refractivity contribution in [1.29, 1.82) is 0 Å². The van der Waals surface area contributed by atoms with E-state index in [9.17, 15) is 4.57 Å². The lowest BCUT2D eigenvalue weighted by Gasteiger charge is -2.36. The van der Waals surface area contributed by atoms with E-state index in [0.29, 0.717) is 12.8 Å². The summed E-state index contributed by atoms with van der Waals surface area (Å²) in [6.45, 7) is 12.9. The van der Waals surface area contributed by atoms with Crippen LogP contribution in [0.3, 0.4) is 0 Å². The number of aryl methyl sites for hydroxylation is 2. The van der Waals surface area contributed by atoms with Gasteiger partial charge in [-0.3, -0.25) is 9.46 Å². The maximum absolute atomic E-state index is 12.3. The van der Waals surface area contributed by atoms with Gasteiger partial charge in [-0.1, -0.05) is 0 Å². The Kier molecular flexibility index (Phi) is 5.96. The van der Waals surface area contributed by atoms with Crippen molar-refractivity contribution in [1.82, 2.24) is 14.9 Å². The average Bonchev–Trinajstić information content (AvgIpc) is 2.61. The number of piperazine rings is 1. The first-order valence-electron chi connectivity index (χ1n) is 9.30. The van der Waals surface area contributed by atoms with Crippen molar-refractivity contribution < 1.29 is 9.09 Å². The van der Waals surface area contributed by atoms with E-state index in [-0.39, 0.29) is 0 Å². The summed E-state index contributed by atoms with van der Waals surface area (Å²) in [5, 5.41) is 1.12. The molecule has 6 nitrogen and oxygen atoms in total. The second-order valence-electron chi connectivity index (χ2n) is 7.14. The number of rotatable bonds is 6. The molecule has 0 aliphatic carbocycles. The molecule has 0 bridgehead atoms. The zero-order valence-electron chi connectivity index (χ0n) is 16.2. The normalized spacial score (nSPS) is 18.2. The molecule has 26 heavy (non-hydrogen) atoms. The fraction of sp³-hybridized carbons (Fsp3) is 0.579. The lowest BCUT2D eigenvalue weighted by atomic mass is 10.1. The van der Waals surface area contributed by atoms with Crippen LogP contribution in [-0.4, -0.2) is 67.0 Å². The van der Waals surface area contributed by atoms with Gasteiger partial charge in [0.2, 0.25) is 7.37 Å². The highest BCUT2D eigenvalue weighted by molar-refractivity contribution is 7.58. The molecular weight excluding hydrogens is 347 g/mol. The third kappa shape index (κ3) is 4.43. The molecule has 0 radical (unpaired) electrons. The van der Waals surface area contributed by atoms with Crippen LogP contribution in [0, 0.1) is 13.8 Å². The van der Waals surface area contributed by atoms with Crippen LogP contribution in [-0.2, 0) is 9.09 Å². The minimum absolute atomic E-state index is 0.515. The van der Waals surface area contributed by atoms with Gasteiger partial charge >= 0.3 is 0 Å². The van der Waals surface area contributed by atoms with Crippen molar-refractivity contribution in [2.75, 3.05) is 57.1 Å². The Morgan fingerprint density at radius 3 is 2.50 bits per heavy atom. The summed E-state index contributed by atoms with van der Waals surface area (Å²) in [5.41, 5.74) is 3.52. The summed E-state index contributed by atoms with van der Waals surface area (Å²) in [4.78, 5) is 13.7. The summed E-state index contributed by atoms with van der Waals surface area (Å²) in [6.07, 6.45) is 2.28. The topological polar surface area (TPSA) is 58.6 Å². The molecule has 0 amide bonds. The maximum Gasteiger partial charge on any atom is 0.201 e. The van der Waals surface area contributed by atoms with Gasteiger partial charge in [-0.05, 0) is 44.0 Å². The van der Waals surface area contributed by atoms with Crippen molar-refractivity contribution in [3.05, 3.63) is 29.6 Å². The van der Waals surface area contributed by atoms with Crippen LogP contribution in [0.25, 0.3) is 10.9 Å². The number of benzene rings is 1. The minimum atomic E-state index is -2.45. The number of anilines is 1. The van der Waals surface area contributed by atoms with Crippen molar-refractivity contribution >= 4 is 24.1 Å². The van der Waals surface area contributed by atoms with E-state index >= 15 is 0 Å². The third-order valence-electron chi connectivity index (χ3n) is 5.13. The first kappa shape index (κ1) is 19.3. The maximum atomic E-state index is 12.3. The second-order valence-corrected chi connectivity index (χ2v) is 9.87. The van der Waals surface area contributed by atoms with Gasteiger partial charge in [-0.25, -0.2) is 9.97 Å². The fourth-order valence-corrected chi connectivity index (χ4v) is 4.72. The molecule has 1 aliphatic rings. The third-order valence-corrected chi connectivity index (χ3v) is 6.94. The fourth-order valence-electron chi connectivity index (χ4n) is 3.40. The average molecular weight is 376 g/mol. The van der Waals surface area contributed by atoms with Crippen molar-refractivity contribution in [2.45, 2.75) is 20.8 Å². The Bertz CT molecular complexity index is 819. The Labute approximate surface area is 156 Å². The number of nitrogens with zero attached hydrogens (tertiary/aromatic N) is 4. The largest absolute Gasteiger partial charge is 0.353 e. The molecule has 1 unspecified atom stereocenters. The molecule has 3 rings (SSSR count). The van der Waals surface area contributed by atoms with E-state index in [1.54, 1.807) is 13.0 Å². The monoisotopic (exact) mass is 376 g/mol. The Hall–Kier alpha value is -1.49. The SMILES string of the molecule is CCOP(C)(=O)CCN1CCN(c2ncnc3cc(C)c(C)cc23)CC1. The molecular formula is C19H29N4O2P. The summed E-state index contributed by atoms with van der Waals surface area (Å²) in [7, 11) is -2.45. The Balaban J connectivity index is 1.66. The Morgan fingerprint density at radius 2 is 1.81 bits per heavy atom. The van der Waals surface area contributed by atoms with Crippen molar-refractivity contribution in [3.63, 3.8) is 0 Å². The summed E-state index contributed by atoms with van der Waals surface area (Å²) in [6, 6.07) is 4.33. The summed E-state index contributed by atoms with van der Waals surface area (Å²) in [5.74, 6) is 1.02. The Morgan fingerprint density at radius 1 is 1.12 bits per heavy atom. The molecule has 1 aliphatic heterocycles. The quantitative estimate of drug-likeness (QED) is 0.721. The van der Waals surface area contributed by atoms with E-state index in [1.807, 2.05) is 6.92 Å². The summed E-state index contributed by atoms with van der Waals surface area (Å²) >= 11 is 0. The van der Waals surface area contributed by atoms with E-state index in [4.69, 9.17) is 4.52 Å². The van der Waals surface area contributed by atoms with Gasteiger partial charge in [-0.15, -0.1) is 0 Å². The highest BCUT2D eigenvalue weighted by atomic mass is 31.2. The van der Waals surface area contributed by atoms with Crippen LogP contribution < -0.4 is 4.90 Å². The lowest BCUT2D eigenvalue weighted by molar-refractivity contribution is 0.265. The van der Waals surface area contributed by atoms with Gasteiger partial charge in [0.1, 0.15) is 12.1 Å². The highest BCUT2D eigenvalue weighted by Gasteiger charge is 2.22. The predicted octanol–water partition coefficient (Wildman–Crippen LogP) is 3.31. The van der Waals surface area contributed by atoms with E-state index in [0.717, 1.165) is 49.4 Å². The van der Waals surface area contributed by atoms with Gasteiger partial charge in [0.05, 0.1) is 12.1 Å². The molecule has 0 N–H and O–H groups in total. The van der Waals surface area contributed by atoms with Gasteiger partial charge in [0.15, 0.2) is 0 Å². The number of fused-ring (bicyclic) bond motifs is 1. The number of aromatic nitrogens is 2. The molecule has 1 aromatic carbocycles.